The van der Waals surface area contributed by atoms with Gasteiger partial charge in [-0.25, -0.2) is 0 Å². The summed E-state index contributed by atoms with van der Waals surface area (Å²) in [6.45, 7) is 0.0703. The lowest BCUT2D eigenvalue weighted by atomic mass is 10.1. The third kappa shape index (κ3) is 1.88. The number of aliphatic hydroxyl groups is 1. The average molecular weight is 319 g/mol. The van der Waals surface area contributed by atoms with Crippen LogP contribution in [0.5, 0.6) is 0 Å². The first kappa shape index (κ1) is 11.9. The minimum absolute atomic E-state index is 0.0703. The maximum Gasteiger partial charge on any atom is 0.0688 e. The summed E-state index contributed by atoms with van der Waals surface area (Å²) < 4.78 is 2.28. The van der Waals surface area contributed by atoms with Gasteiger partial charge in [0.2, 0.25) is 0 Å². The van der Waals surface area contributed by atoms with E-state index in [1.54, 1.807) is 11.3 Å². The molecule has 0 radical (unpaired) electrons. The van der Waals surface area contributed by atoms with Crippen LogP contribution < -0.4 is 0 Å². The van der Waals surface area contributed by atoms with Crippen LogP contribution >= 0.6 is 27.3 Å². The summed E-state index contributed by atoms with van der Waals surface area (Å²) in [4.78, 5) is 1.21. The van der Waals surface area contributed by atoms with Crippen molar-refractivity contribution < 1.29 is 5.11 Å². The Morgan fingerprint density at radius 2 is 1.78 bits per heavy atom. The Morgan fingerprint density at radius 3 is 2.50 bits per heavy atom. The third-order valence-electron chi connectivity index (χ3n) is 2.95. The molecule has 0 aliphatic carbocycles. The Hall–Kier alpha value is -1.16. The van der Waals surface area contributed by atoms with E-state index in [1.807, 2.05) is 30.3 Å². The summed E-state index contributed by atoms with van der Waals surface area (Å²) in [5.41, 5.74) is 2.17. The Labute approximate surface area is 118 Å². The molecule has 18 heavy (non-hydrogen) atoms. The fraction of sp³-hybridized carbons (Fsp3) is 0.0667. The normalized spacial score (nSPS) is 11.0. The zero-order chi connectivity index (χ0) is 12.5. The highest BCUT2D eigenvalue weighted by Crippen LogP contribution is 2.43. The van der Waals surface area contributed by atoms with Gasteiger partial charge in [-0.1, -0.05) is 42.5 Å². The zero-order valence-electron chi connectivity index (χ0n) is 9.56. The molecule has 2 aromatic carbocycles. The minimum atomic E-state index is 0.0703. The van der Waals surface area contributed by atoms with Gasteiger partial charge < -0.3 is 5.11 Å². The van der Waals surface area contributed by atoms with Gasteiger partial charge in [-0.05, 0) is 33.1 Å². The van der Waals surface area contributed by atoms with Gasteiger partial charge in [0, 0.05) is 19.4 Å². The average Bonchev–Trinajstić information content (AvgIpc) is 2.77. The summed E-state index contributed by atoms with van der Waals surface area (Å²) in [6, 6.07) is 16.4. The first-order valence-electron chi connectivity index (χ1n) is 5.67. The quantitative estimate of drug-likeness (QED) is 0.718. The second-order valence-electron chi connectivity index (χ2n) is 4.06. The Bertz CT molecular complexity index is 688. The zero-order valence-corrected chi connectivity index (χ0v) is 12.0. The van der Waals surface area contributed by atoms with Gasteiger partial charge in [0.15, 0.2) is 0 Å². The van der Waals surface area contributed by atoms with Crippen molar-refractivity contribution in [3.05, 3.63) is 58.6 Å². The maximum absolute atomic E-state index is 9.42. The van der Waals surface area contributed by atoms with E-state index in [4.69, 9.17) is 0 Å². The van der Waals surface area contributed by atoms with E-state index in [1.165, 1.54) is 15.1 Å². The van der Waals surface area contributed by atoms with Crippen molar-refractivity contribution >= 4 is 37.4 Å². The van der Waals surface area contributed by atoms with E-state index in [2.05, 4.69) is 34.1 Å². The monoisotopic (exact) mass is 318 g/mol. The molecule has 1 heterocycles. The van der Waals surface area contributed by atoms with Crippen LogP contribution in [0.4, 0.5) is 0 Å². The number of fused-ring (bicyclic) bond motifs is 1. The van der Waals surface area contributed by atoms with Crippen LogP contribution in [0.15, 0.2) is 53.0 Å². The van der Waals surface area contributed by atoms with Gasteiger partial charge in [0.05, 0.1) is 6.61 Å². The Morgan fingerprint density at radius 1 is 1.00 bits per heavy atom. The first-order chi connectivity index (χ1) is 8.81. The van der Waals surface area contributed by atoms with Gasteiger partial charge in [-0.2, -0.15) is 0 Å². The molecule has 1 aromatic heterocycles. The van der Waals surface area contributed by atoms with Gasteiger partial charge >= 0.3 is 0 Å². The third-order valence-corrected chi connectivity index (χ3v) is 5.21. The molecule has 0 spiro atoms. The van der Waals surface area contributed by atoms with Crippen LogP contribution in [0.25, 0.3) is 20.5 Å². The van der Waals surface area contributed by atoms with Crippen LogP contribution in [0, 0.1) is 0 Å². The van der Waals surface area contributed by atoms with Gasteiger partial charge in [-0.3, -0.25) is 0 Å². The van der Waals surface area contributed by atoms with Crippen molar-refractivity contribution in [2.75, 3.05) is 0 Å². The van der Waals surface area contributed by atoms with Gasteiger partial charge in [0.1, 0.15) is 0 Å². The molecule has 0 saturated carbocycles. The molecule has 0 bridgehead atoms. The molecule has 0 aliphatic rings. The first-order valence-corrected chi connectivity index (χ1v) is 7.28. The van der Waals surface area contributed by atoms with E-state index >= 15 is 0 Å². The van der Waals surface area contributed by atoms with Crippen LogP contribution in [0.1, 0.15) is 5.56 Å². The number of hydrogen-bond donors (Lipinski definition) is 1. The Kier molecular flexibility index (Phi) is 3.20. The number of thiophene rings is 1. The van der Waals surface area contributed by atoms with E-state index in [-0.39, 0.29) is 6.61 Å². The second-order valence-corrected chi connectivity index (χ2v) is 5.90. The fourth-order valence-corrected chi connectivity index (χ4v) is 4.30. The van der Waals surface area contributed by atoms with Crippen LogP contribution in [0.2, 0.25) is 0 Å². The van der Waals surface area contributed by atoms with Gasteiger partial charge in [-0.15, -0.1) is 11.3 Å². The topological polar surface area (TPSA) is 20.2 Å². The fourth-order valence-electron chi connectivity index (χ4n) is 2.09. The molecule has 1 N–H and O–H groups in total. The molecule has 3 aromatic rings. The smallest absolute Gasteiger partial charge is 0.0688 e. The summed E-state index contributed by atoms with van der Waals surface area (Å²) in [5.74, 6) is 0. The van der Waals surface area contributed by atoms with E-state index in [0.717, 1.165) is 15.4 Å². The lowest BCUT2D eigenvalue weighted by Crippen LogP contribution is -1.83. The van der Waals surface area contributed by atoms with E-state index < -0.39 is 0 Å². The lowest BCUT2D eigenvalue weighted by molar-refractivity contribution is 0.283. The van der Waals surface area contributed by atoms with E-state index in [9.17, 15) is 5.11 Å². The molecule has 0 unspecified atom stereocenters. The SMILES string of the molecule is OCc1cccc2sc(-c3ccccc3)c(Br)c12. The molecule has 90 valence electrons. The van der Waals surface area contributed by atoms with Crippen molar-refractivity contribution in [3.63, 3.8) is 0 Å². The lowest BCUT2D eigenvalue weighted by Gasteiger charge is -2.00. The highest BCUT2D eigenvalue weighted by molar-refractivity contribution is 9.10. The van der Waals surface area contributed by atoms with Crippen LogP contribution in [-0.4, -0.2) is 5.11 Å². The van der Waals surface area contributed by atoms with E-state index in [0.29, 0.717) is 0 Å². The molecule has 0 aliphatic heterocycles. The number of aliphatic hydroxyl groups excluding tert-OH is 1. The highest BCUT2D eigenvalue weighted by Gasteiger charge is 2.13. The summed E-state index contributed by atoms with van der Waals surface area (Å²) in [5, 5.41) is 10.6. The van der Waals surface area contributed by atoms with Crippen molar-refractivity contribution in [2.24, 2.45) is 0 Å². The van der Waals surface area contributed by atoms with Crippen LogP contribution in [0.3, 0.4) is 0 Å². The Balaban J connectivity index is 2.30. The number of halogens is 1. The number of rotatable bonds is 2. The minimum Gasteiger partial charge on any atom is -0.392 e. The summed E-state index contributed by atoms with van der Waals surface area (Å²) >= 11 is 5.43. The predicted molar refractivity (Wildman–Crippen MR) is 80.9 cm³/mol. The van der Waals surface area contributed by atoms with Crippen molar-refractivity contribution in [1.82, 2.24) is 0 Å². The van der Waals surface area contributed by atoms with Crippen LogP contribution in [-0.2, 0) is 6.61 Å². The molecule has 0 saturated heterocycles. The number of benzene rings is 2. The molecule has 0 amide bonds. The molecule has 3 heteroatoms. The summed E-state index contributed by atoms with van der Waals surface area (Å²) in [7, 11) is 0. The highest BCUT2D eigenvalue weighted by atomic mass is 79.9. The second kappa shape index (κ2) is 4.84. The van der Waals surface area contributed by atoms with Gasteiger partial charge in [0.25, 0.3) is 0 Å². The molecule has 1 nitrogen and oxygen atoms in total. The van der Waals surface area contributed by atoms with Crippen molar-refractivity contribution in [3.8, 4) is 10.4 Å². The largest absolute Gasteiger partial charge is 0.392 e. The molecular formula is C15H11BrOS. The predicted octanol–water partition coefficient (Wildman–Crippen LogP) is 4.82. The van der Waals surface area contributed by atoms with Crippen molar-refractivity contribution in [1.29, 1.82) is 0 Å². The number of hydrogen-bond acceptors (Lipinski definition) is 2. The maximum atomic E-state index is 9.42. The molecule has 3 rings (SSSR count). The van der Waals surface area contributed by atoms with Crippen molar-refractivity contribution in [2.45, 2.75) is 6.61 Å². The molecule has 0 atom stereocenters. The molecular weight excluding hydrogens is 308 g/mol. The summed E-state index contributed by atoms with van der Waals surface area (Å²) in [6.07, 6.45) is 0. The standard InChI is InChI=1S/C15H11BrOS/c16-14-13-11(9-17)7-4-8-12(13)18-15(14)10-5-2-1-3-6-10/h1-8,17H,9H2. The molecule has 0 fully saturated rings.